The molecule has 0 amide bonds. The summed E-state index contributed by atoms with van der Waals surface area (Å²) in [6.07, 6.45) is 0. The molecule has 0 saturated heterocycles. The highest BCUT2D eigenvalue weighted by atomic mass is 35.5. The van der Waals surface area contributed by atoms with Crippen LogP contribution in [0.1, 0.15) is 11.4 Å². The molecule has 12 heteroatoms. The summed E-state index contributed by atoms with van der Waals surface area (Å²) in [7, 11) is 3.07. The monoisotopic (exact) mass is 405 g/mol. The zero-order valence-corrected chi connectivity index (χ0v) is 16.2. The first-order valence-corrected chi connectivity index (χ1v) is 8.43. The Morgan fingerprint density at radius 2 is 1.29 bits per heavy atom. The fraction of sp³-hybridized carbons (Fsp3) is 0.250. The molecule has 0 bridgehead atoms. The molecule has 2 aromatic heterocycles. The second-order valence-corrected chi connectivity index (χ2v) is 6.52. The van der Waals surface area contributed by atoms with Gasteiger partial charge in [0.15, 0.2) is 0 Å². The zero-order valence-electron chi connectivity index (χ0n) is 15.5. The number of benzene rings is 1. The SMILES string of the molecule is Cc1nn(C)c(N(c2ccc(Cl)cc2)c2c([N+](=O)[O-])c(C)nn2C)c1[N+](=O)[O-]. The lowest BCUT2D eigenvalue weighted by Crippen LogP contribution is -2.19. The van der Waals surface area contributed by atoms with Gasteiger partial charge in [-0.1, -0.05) is 11.6 Å². The van der Waals surface area contributed by atoms with Gasteiger partial charge >= 0.3 is 11.4 Å². The first-order chi connectivity index (χ1) is 13.1. The molecule has 0 fully saturated rings. The molecule has 0 aliphatic heterocycles. The van der Waals surface area contributed by atoms with E-state index in [0.29, 0.717) is 10.7 Å². The van der Waals surface area contributed by atoms with Crippen LogP contribution in [0.2, 0.25) is 5.02 Å². The van der Waals surface area contributed by atoms with E-state index < -0.39 is 9.85 Å². The summed E-state index contributed by atoms with van der Waals surface area (Å²) in [5, 5.41) is 32.2. The number of nitro groups is 2. The Hall–Kier alpha value is -3.47. The zero-order chi connectivity index (χ0) is 20.7. The number of aromatic nitrogens is 4. The van der Waals surface area contributed by atoms with Crippen LogP contribution in [0.4, 0.5) is 28.7 Å². The highest BCUT2D eigenvalue weighted by Gasteiger charge is 2.37. The van der Waals surface area contributed by atoms with Gasteiger partial charge in [0.25, 0.3) is 0 Å². The highest BCUT2D eigenvalue weighted by Crippen LogP contribution is 2.45. The smallest absolute Gasteiger partial charge is 0.268 e. The van der Waals surface area contributed by atoms with Gasteiger partial charge in [-0.15, -0.1) is 0 Å². The van der Waals surface area contributed by atoms with E-state index in [4.69, 9.17) is 11.6 Å². The molecular weight excluding hydrogens is 390 g/mol. The maximum atomic E-state index is 11.7. The minimum atomic E-state index is -0.560. The molecule has 0 spiro atoms. The molecule has 0 aliphatic rings. The summed E-state index contributed by atoms with van der Waals surface area (Å²) in [5.74, 6) is 0.131. The standard InChI is InChI=1S/C16H16ClN7O4/c1-9-13(23(25)26)15(20(3)18-9)22(12-7-5-11(17)6-8-12)16-14(24(27)28)10(2)19-21(16)4/h5-8H,1-4H3. The van der Waals surface area contributed by atoms with Gasteiger partial charge in [0.1, 0.15) is 11.4 Å². The molecule has 2 heterocycles. The van der Waals surface area contributed by atoms with E-state index in [1.807, 2.05) is 0 Å². The number of nitrogens with zero attached hydrogens (tertiary/aromatic N) is 7. The van der Waals surface area contributed by atoms with Crippen molar-refractivity contribution in [1.82, 2.24) is 19.6 Å². The van der Waals surface area contributed by atoms with Crippen LogP contribution in [0.5, 0.6) is 0 Å². The van der Waals surface area contributed by atoms with E-state index in [0.717, 1.165) is 0 Å². The number of anilines is 3. The molecular formula is C16H16ClN7O4. The lowest BCUT2D eigenvalue weighted by Gasteiger charge is -2.23. The predicted octanol–water partition coefficient (Wildman–Crippen LogP) is 3.71. The van der Waals surface area contributed by atoms with Crippen LogP contribution in [-0.2, 0) is 14.1 Å². The fourth-order valence-corrected chi connectivity index (χ4v) is 3.26. The normalized spacial score (nSPS) is 10.9. The maximum absolute atomic E-state index is 11.7. The average molecular weight is 406 g/mol. The van der Waals surface area contributed by atoms with Crippen LogP contribution >= 0.6 is 11.6 Å². The molecule has 0 saturated carbocycles. The average Bonchev–Trinajstić information content (AvgIpc) is 3.05. The number of halogens is 1. The number of aryl methyl sites for hydroxylation is 4. The quantitative estimate of drug-likeness (QED) is 0.467. The fourth-order valence-electron chi connectivity index (χ4n) is 3.13. The third kappa shape index (κ3) is 3.05. The molecule has 28 heavy (non-hydrogen) atoms. The van der Waals surface area contributed by atoms with Crippen LogP contribution in [-0.4, -0.2) is 29.4 Å². The van der Waals surface area contributed by atoms with E-state index in [2.05, 4.69) is 10.2 Å². The van der Waals surface area contributed by atoms with Gasteiger partial charge < -0.3 is 0 Å². The van der Waals surface area contributed by atoms with Gasteiger partial charge in [-0.2, -0.15) is 10.2 Å². The van der Waals surface area contributed by atoms with Crippen molar-refractivity contribution in [1.29, 1.82) is 0 Å². The van der Waals surface area contributed by atoms with E-state index in [9.17, 15) is 20.2 Å². The minimum Gasteiger partial charge on any atom is -0.268 e. The molecule has 146 valence electrons. The van der Waals surface area contributed by atoms with Crippen molar-refractivity contribution in [3.63, 3.8) is 0 Å². The van der Waals surface area contributed by atoms with Crippen molar-refractivity contribution in [2.24, 2.45) is 14.1 Å². The Kier molecular flexibility index (Phi) is 4.77. The van der Waals surface area contributed by atoms with Gasteiger partial charge in [0.05, 0.1) is 9.85 Å². The molecule has 3 rings (SSSR count). The summed E-state index contributed by atoms with van der Waals surface area (Å²) in [4.78, 5) is 23.7. The van der Waals surface area contributed by atoms with Crippen molar-refractivity contribution in [3.8, 4) is 0 Å². The second kappa shape index (κ2) is 6.93. The Morgan fingerprint density at radius 3 is 1.64 bits per heavy atom. The van der Waals surface area contributed by atoms with Gasteiger partial charge in [-0.3, -0.25) is 25.1 Å². The van der Waals surface area contributed by atoms with Gasteiger partial charge in [0.2, 0.25) is 11.6 Å². The van der Waals surface area contributed by atoms with Crippen LogP contribution in [0, 0.1) is 34.1 Å². The first kappa shape index (κ1) is 19.3. The largest absolute Gasteiger partial charge is 0.334 e. The summed E-state index contributed by atoms with van der Waals surface area (Å²) < 4.78 is 2.63. The van der Waals surface area contributed by atoms with E-state index in [1.165, 1.54) is 42.2 Å². The Bertz CT molecular complexity index is 1020. The Balaban J connectivity index is 2.42. The summed E-state index contributed by atoms with van der Waals surface area (Å²) in [6.45, 7) is 3.01. The van der Waals surface area contributed by atoms with Crippen LogP contribution < -0.4 is 4.90 Å². The van der Waals surface area contributed by atoms with E-state index in [-0.39, 0.29) is 34.4 Å². The minimum absolute atomic E-state index is 0.0657. The summed E-state index contributed by atoms with van der Waals surface area (Å²) in [5.41, 5.74) is 0.281. The predicted molar refractivity (Wildman–Crippen MR) is 102 cm³/mol. The maximum Gasteiger partial charge on any atom is 0.334 e. The van der Waals surface area contributed by atoms with Gasteiger partial charge in [0, 0.05) is 24.8 Å². The van der Waals surface area contributed by atoms with Crippen molar-refractivity contribution in [2.45, 2.75) is 13.8 Å². The molecule has 11 nitrogen and oxygen atoms in total. The molecule has 0 aliphatic carbocycles. The topological polar surface area (TPSA) is 125 Å². The summed E-state index contributed by atoms with van der Waals surface area (Å²) in [6, 6.07) is 6.41. The molecule has 0 radical (unpaired) electrons. The molecule has 3 aromatic rings. The number of hydrogen-bond acceptors (Lipinski definition) is 7. The third-order valence-corrected chi connectivity index (χ3v) is 4.45. The van der Waals surface area contributed by atoms with E-state index >= 15 is 0 Å². The lowest BCUT2D eigenvalue weighted by atomic mass is 10.2. The van der Waals surface area contributed by atoms with E-state index in [1.54, 1.807) is 24.3 Å². The van der Waals surface area contributed by atoms with Crippen LogP contribution in [0.3, 0.4) is 0 Å². The number of hydrogen-bond donors (Lipinski definition) is 0. The van der Waals surface area contributed by atoms with Crippen molar-refractivity contribution < 1.29 is 9.85 Å². The third-order valence-electron chi connectivity index (χ3n) is 4.20. The second-order valence-electron chi connectivity index (χ2n) is 6.09. The Labute approximate surface area is 164 Å². The molecule has 0 atom stereocenters. The van der Waals surface area contributed by atoms with Crippen LogP contribution in [0.25, 0.3) is 0 Å². The van der Waals surface area contributed by atoms with Gasteiger partial charge in [-0.25, -0.2) is 9.36 Å². The Morgan fingerprint density at radius 1 is 0.893 bits per heavy atom. The van der Waals surface area contributed by atoms with Gasteiger partial charge in [-0.05, 0) is 38.1 Å². The molecule has 0 N–H and O–H groups in total. The van der Waals surface area contributed by atoms with Crippen LogP contribution in [0.15, 0.2) is 24.3 Å². The first-order valence-electron chi connectivity index (χ1n) is 8.05. The van der Waals surface area contributed by atoms with Crippen molar-refractivity contribution >= 4 is 40.3 Å². The lowest BCUT2D eigenvalue weighted by molar-refractivity contribution is -0.385. The van der Waals surface area contributed by atoms with Crippen molar-refractivity contribution in [2.75, 3.05) is 4.90 Å². The van der Waals surface area contributed by atoms with Crippen molar-refractivity contribution in [3.05, 3.63) is 60.9 Å². The highest BCUT2D eigenvalue weighted by molar-refractivity contribution is 6.30. The molecule has 0 unspecified atom stereocenters. The molecule has 1 aromatic carbocycles. The number of rotatable bonds is 5. The summed E-state index contributed by atoms with van der Waals surface area (Å²) >= 11 is 5.97.